The lowest BCUT2D eigenvalue weighted by Crippen LogP contribution is -2.44. The van der Waals surface area contributed by atoms with E-state index in [1.165, 1.54) is 61.5 Å². The van der Waals surface area contributed by atoms with Gasteiger partial charge in [-0.15, -0.1) is 0 Å². The number of benzene rings is 4. The molecule has 5 aromatic rings. The van der Waals surface area contributed by atoms with Crippen LogP contribution in [0.5, 0.6) is 0 Å². The average molecular weight is 840 g/mol. The van der Waals surface area contributed by atoms with Crippen molar-refractivity contribution in [3.63, 3.8) is 0 Å². The van der Waals surface area contributed by atoms with E-state index in [-0.39, 0.29) is 39.9 Å². The number of anilines is 4. The number of rotatable bonds is 7. The van der Waals surface area contributed by atoms with Crippen LogP contribution >= 0.6 is 12.2 Å². The second-order valence-corrected chi connectivity index (χ2v) is 15.0. The number of hydrogen-bond acceptors (Lipinski definition) is 10. The number of aromatic nitrogens is 3. The van der Waals surface area contributed by atoms with E-state index >= 15 is 4.39 Å². The van der Waals surface area contributed by atoms with Crippen LogP contribution in [0.15, 0.2) is 84.1 Å². The number of ketones is 1. The monoisotopic (exact) mass is 839 g/mol. The van der Waals surface area contributed by atoms with Gasteiger partial charge in [-0.2, -0.15) is 23.5 Å². The first-order valence-electron chi connectivity index (χ1n) is 18.1. The van der Waals surface area contributed by atoms with Crippen molar-refractivity contribution >= 4 is 63.6 Å². The highest BCUT2D eigenvalue weighted by Crippen LogP contribution is 2.45. The van der Waals surface area contributed by atoms with Crippen molar-refractivity contribution in [3.05, 3.63) is 130 Å². The molecule has 0 spiro atoms. The van der Waals surface area contributed by atoms with Gasteiger partial charge in [-0.05, 0) is 86.2 Å². The minimum atomic E-state index is -4.88. The van der Waals surface area contributed by atoms with Crippen LogP contribution in [0.4, 0.5) is 49.5 Å². The summed E-state index contributed by atoms with van der Waals surface area (Å²) >= 11 is 5.54. The topological polar surface area (TPSA) is 158 Å². The molecule has 2 amide bonds. The molecule has 0 bridgehead atoms. The normalized spacial score (nSPS) is 18.1. The third-order valence-electron chi connectivity index (χ3n) is 10.5. The summed E-state index contributed by atoms with van der Waals surface area (Å²) in [5, 5.41) is 19.1. The molecule has 0 radical (unpaired) electrons. The Hall–Kier alpha value is -7.07. The Morgan fingerprint density at radius 1 is 1.05 bits per heavy atom. The molecule has 1 unspecified atom stereocenters. The molecule has 2 atom stereocenters. The van der Waals surface area contributed by atoms with Crippen molar-refractivity contribution in [3.8, 4) is 6.07 Å². The molecule has 2 N–H and O–H groups in total. The zero-order valence-corrected chi connectivity index (χ0v) is 32.5. The van der Waals surface area contributed by atoms with Crippen LogP contribution in [0.2, 0.25) is 0 Å². The van der Waals surface area contributed by atoms with Crippen LogP contribution < -0.4 is 20.4 Å². The Balaban J connectivity index is 0.959. The van der Waals surface area contributed by atoms with Gasteiger partial charge in [0.05, 0.1) is 40.6 Å². The number of ether oxygens (including phenoxy) is 1. The van der Waals surface area contributed by atoms with Crippen LogP contribution in [-0.2, 0) is 29.4 Å². The van der Waals surface area contributed by atoms with E-state index in [0.717, 1.165) is 17.0 Å². The molecule has 8 rings (SSSR count). The van der Waals surface area contributed by atoms with Crippen LogP contribution in [0.25, 0.3) is 0 Å². The number of carbonyl (C=O) groups is 3. The number of hydrogen-bond donors (Lipinski definition) is 2. The van der Waals surface area contributed by atoms with Gasteiger partial charge < -0.3 is 15.0 Å². The highest BCUT2D eigenvalue weighted by molar-refractivity contribution is 7.81. The molecule has 3 aliphatic rings. The predicted octanol–water partition coefficient (Wildman–Crippen LogP) is 7.59. The molecule has 1 saturated heterocycles. The summed E-state index contributed by atoms with van der Waals surface area (Å²) in [4.78, 5) is 50.4. The zero-order chi connectivity index (χ0) is 42.8. The fraction of sp³-hybridized carbons (Fsp3) is 0.220. The van der Waals surface area contributed by atoms with E-state index in [0.29, 0.717) is 40.1 Å². The standard InChI is InChI=1S/C41H30F5N9O4S/c1-40(2)37(57)54(25-10-6-21(16-47)28(14-25)41(44,45)46)39(60)55(40)26-11-7-22(29(43)15-26)18-59-38(58)51-24-8-4-20(5-9-24)34-33(36-49-19-50-53(36)3)35-32-27(31(56)17-48-35)12-23(42)13-30(32)52-34/h4-15,19,33-34,52H,17-18H2,1-3H3,(H,51,58)/t33-,34?/m1/s1. The van der Waals surface area contributed by atoms with Crippen molar-refractivity contribution in [2.24, 2.45) is 12.0 Å². The van der Waals surface area contributed by atoms with Crippen LogP contribution in [0, 0.1) is 23.0 Å². The molecule has 0 aliphatic carbocycles. The van der Waals surface area contributed by atoms with Crippen LogP contribution in [0.1, 0.15) is 69.8 Å². The van der Waals surface area contributed by atoms with Crippen molar-refractivity contribution < 1.29 is 41.1 Å². The maximum atomic E-state index is 15.5. The van der Waals surface area contributed by atoms with E-state index in [2.05, 4.69) is 25.7 Å². The Kier molecular flexibility index (Phi) is 9.70. The minimum Gasteiger partial charge on any atom is -0.444 e. The lowest BCUT2D eigenvalue weighted by Gasteiger charge is -2.37. The third kappa shape index (κ3) is 6.77. The largest absolute Gasteiger partial charge is 0.444 e. The number of thiocarbonyl (C=S) groups is 1. The number of aliphatic imine (C=N–C) groups is 1. The number of carbonyl (C=O) groups excluding carboxylic acids is 3. The molecular formula is C41H30F5N9O4S. The average Bonchev–Trinajstić information content (AvgIpc) is 3.70. The van der Waals surface area contributed by atoms with Gasteiger partial charge in [0.2, 0.25) is 0 Å². The number of nitriles is 1. The Morgan fingerprint density at radius 3 is 2.45 bits per heavy atom. The maximum Gasteiger partial charge on any atom is 0.417 e. The molecule has 13 nitrogen and oxygen atoms in total. The van der Waals surface area contributed by atoms with Crippen LogP contribution in [0.3, 0.4) is 0 Å². The summed E-state index contributed by atoms with van der Waals surface area (Å²) < 4.78 is 78.3. The van der Waals surface area contributed by atoms with Gasteiger partial charge in [-0.1, -0.05) is 18.2 Å². The third-order valence-corrected chi connectivity index (χ3v) is 10.9. The number of aryl methyl sites for hydroxylation is 1. The number of Topliss-reactive ketones (excluding diaryl/α,β-unsaturated/α-hetero) is 1. The fourth-order valence-corrected chi connectivity index (χ4v) is 8.18. The highest BCUT2D eigenvalue weighted by Gasteiger charge is 2.51. The number of nitrogens with zero attached hydrogens (tertiary/aromatic N) is 7. The molecular weight excluding hydrogens is 810 g/mol. The number of halogens is 5. The molecule has 19 heteroatoms. The van der Waals surface area contributed by atoms with E-state index < -0.39 is 65.0 Å². The van der Waals surface area contributed by atoms with Crippen molar-refractivity contribution in [2.45, 2.75) is 44.1 Å². The van der Waals surface area contributed by atoms with Gasteiger partial charge in [0.1, 0.15) is 42.5 Å². The first kappa shape index (κ1) is 39.7. The van der Waals surface area contributed by atoms with E-state index in [4.69, 9.17) is 17.0 Å². The van der Waals surface area contributed by atoms with Crippen molar-refractivity contribution in [1.29, 1.82) is 5.26 Å². The number of amides is 2. The van der Waals surface area contributed by atoms with Crippen LogP contribution in [-0.4, -0.2) is 55.5 Å². The van der Waals surface area contributed by atoms with E-state index in [1.807, 2.05) is 0 Å². The fourth-order valence-electron chi connectivity index (χ4n) is 7.66. The second kappa shape index (κ2) is 14.6. The summed E-state index contributed by atoms with van der Waals surface area (Å²) in [5.41, 5.74) is -0.672. The van der Waals surface area contributed by atoms with E-state index in [1.54, 1.807) is 36.0 Å². The van der Waals surface area contributed by atoms with Gasteiger partial charge in [0.15, 0.2) is 10.9 Å². The smallest absolute Gasteiger partial charge is 0.417 e. The summed E-state index contributed by atoms with van der Waals surface area (Å²) in [6.45, 7) is 2.32. The summed E-state index contributed by atoms with van der Waals surface area (Å²) in [6, 6.07) is 16.8. The number of alkyl halides is 3. The minimum absolute atomic E-state index is 0.0253. The summed E-state index contributed by atoms with van der Waals surface area (Å²) in [7, 11) is 1.73. The van der Waals surface area contributed by atoms with Gasteiger partial charge >= 0.3 is 12.3 Å². The van der Waals surface area contributed by atoms with Gasteiger partial charge in [-0.3, -0.25) is 29.5 Å². The molecule has 4 aromatic carbocycles. The maximum absolute atomic E-state index is 15.5. The van der Waals surface area contributed by atoms with Crippen molar-refractivity contribution in [2.75, 3.05) is 27.0 Å². The molecule has 3 aliphatic heterocycles. The zero-order valence-electron chi connectivity index (χ0n) is 31.6. The SMILES string of the molecule is Cn1ncnc1[C@H]1C2=NCC(=O)c3cc(F)cc(c32)NC1c1ccc(NC(=O)OCc2ccc(N3C(=S)N(c4ccc(C#N)c(C(F)(F)F)c4)C(=O)C3(C)C)cc2F)cc1. The predicted molar refractivity (Wildman–Crippen MR) is 212 cm³/mol. The van der Waals surface area contributed by atoms with Gasteiger partial charge in [-0.25, -0.2) is 18.6 Å². The Bertz CT molecular complexity index is 2730. The first-order chi connectivity index (χ1) is 28.5. The summed E-state index contributed by atoms with van der Waals surface area (Å²) in [6.07, 6.45) is -4.38. The van der Waals surface area contributed by atoms with Gasteiger partial charge in [0.25, 0.3) is 5.91 Å². The molecule has 60 heavy (non-hydrogen) atoms. The lowest BCUT2D eigenvalue weighted by molar-refractivity contribution is -0.137. The molecule has 1 aromatic heterocycles. The Labute approximate surface area is 343 Å². The molecule has 1 fully saturated rings. The lowest BCUT2D eigenvalue weighted by atomic mass is 9.78. The second-order valence-electron chi connectivity index (χ2n) is 14.6. The number of nitrogens with one attached hydrogen (secondary N) is 2. The summed E-state index contributed by atoms with van der Waals surface area (Å²) in [5.74, 6) is -2.34. The molecule has 304 valence electrons. The van der Waals surface area contributed by atoms with Gasteiger partial charge in [0, 0.05) is 40.8 Å². The van der Waals surface area contributed by atoms with E-state index in [9.17, 15) is 37.2 Å². The molecule has 0 saturated carbocycles. The highest BCUT2D eigenvalue weighted by atomic mass is 32.1. The molecule has 4 heterocycles. The van der Waals surface area contributed by atoms with Crippen molar-refractivity contribution in [1.82, 2.24) is 14.8 Å². The quantitative estimate of drug-likeness (QED) is 0.124. The first-order valence-corrected chi connectivity index (χ1v) is 18.5. The Morgan fingerprint density at radius 2 is 1.78 bits per heavy atom.